The van der Waals surface area contributed by atoms with Crippen molar-refractivity contribution in [2.75, 3.05) is 0 Å². The molecule has 3 heteroatoms. The summed E-state index contributed by atoms with van der Waals surface area (Å²) in [5.74, 6) is 0. The fraction of sp³-hybridized carbons (Fsp3) is 0. The first kappa shape index (κ1) is 23.4. The van der Waals surface area contributed by atoms with Crippen LogP contribution in [-0.2, 0) is 26.2 Å². The second-order valence-electron chi connectivity index (χ2n) is 6.63. The van der Waals surface area contributed by atoms with Crippen molar-refractivity contribution in [1.29, 1.82) is 0 Å². The summed E-state index contributed by atoms with van der Waals surface area (Å²) in [6.45, 7) is 0. The van der Waals surface area contributed by atoms with Crippen molar-refractivity contribution in [2.45, 2.75) is 0 Å². The maximum Gasteiger partial charge on any atom is 4.00 e. The Labute approximate surface area is 202 Å². The summed E-state index contributed by atoms with van der Waals surface area (Å²) in [6, 6.07) is 38.6. The maximum atomic E-state index is 2.18. The van der Waals surface area contributed by atoms with Crippen molar-refractivity contribution in [2.24, 2.45) is 0 Å². The fourth-order valence-electron chi connectivity index (χ4n) is 3.78. The smallest absolute Gasteiger partial charge is 1.00 e. The first-order chi connectivity index (χ1) is 12.9. The molecule has 29 heavy (non-hydrogen) atoms. The second kappa shape index (κ2) is 10.2. The Morgan fingerprint density at radius 2 is 0.793 bits per heavy atom. The average Bonchev–Trinajstić information content (AvgIpc) is 3.38. The quantitative estimate of drug-likeness (QED) is 0.282. The van der Waals surface area contributed by atoms with E-state index in [2.05, 4.69) is 109 Å². The molecule has 0 aliphatic rings. The molecule has 0 aromatic heterocycles. The third kappa shape index (κ3) is 4.48. The molecule has 0 N–H and O–H groups in total. The summed E-state index contributed by atoms with van der Waals surface area (Å²) in [6.07, 6.45) is 0. The minimum atomic E-state index is 0. The first-order valence-corrected chi connectivity index (χ1v) is 8.96. The van der Waals surface area contributed by atoms with Gasteiger partial charge in [0.15, 0.2) is 0 Å². The monoisotopic (exact) mass is 490 g/mol. The van der Waals surface area contributed by atoms with Gasteiger partial charge in [-0.3, -0.25) is 0 Å². The summed E-state index contributed by atoms with van der Waals surface area (Å²) in [5, 5.41) is 10.7. The van der Waals surface area contributed by atoms with E-state index in [1.807, 2.05) is 0 Å². The second-order valence-corrected chi connectivity index (χ2v) is 6.63. The van der Waals surface area contributed by atoms with E-state index in [0.29, 0.717) is 0 Å². The predicted octanol–water partition coefficient (Wildman–Crippen LogP) is 1.43. The fourth-order valence-corrected chi connectivity index (χ4v) is 3.78. The zero-order chi connectivity index (χ0) is 17.3. The van der Waals surface area contributed by atoms with E-state index in [1.165, 1.54) is 43.1 Å². The normalized spacial score (nSPS) is 9.93. The van der Waals surface area contributed by atoms with Crippen LogP contribution in [0.3, 0.4) is 0 Å². The van der Waals surface area contributed by atoms with Crippen LogP contribution < -0.4 is 24.8 Å². The van der Waals surface area contributed by atoms with E-state index < -0.39 is 0 Å². The van der Waals surface area contributed by atoms with Gasteiger partial charge >= 0.3 is 26.2 Å². The number of hydrogen-bond donors (Lipinski definition) is 0. The Morgan fingerprint density at radius 3 is 1.24 bits per heavy atom. The van der Waals surface area contributed by atoms with Crippen molar-refractivity contribution < 1.29 is 51.0 Å². The standard InChI is InChI=1S/2C13H9.2ClH.Zr/c2*1-2-6-12-10(4-1)8-9-11-5-3-7-13(11)12;;;/h2*1-9H;2*1H;/q2*-1;;;+4/p-2. The Bertz CT molecular complexity index is 1240. The van der Waals surface area contributed by atoms with Crippen molar-refractivity contribution in [3.63, 3.8) is 0 Å². The van der Waals surface area contributed by atoms with Crippen molar-refractivity contribution >= 4 is 43.1 Å². The molecule has 0 atom stereocenters. The van der Waals surface area contributed by atoms with Gasteiger partial charge < -0.3 is 24.8 Å². The molecule has 0 unspecified atom stereocenters. The molecule has 0 saturated heterocycles. The summed E-state index contributed by atoms with van der Waals surface area (Å²) in [4.78, 5) is 0. The van der Waals surface area contributed by atoms with Gasteiger partial charge in [-0.1, -0.05) is 82.2 Å². The maximum absolute atomic E-state index is 2.18. The van der Waals surface area contributed by atoms with Crippen LogP contribution in [-0.4, -0.2) is 0 Å². The van der Waals surface area contributed by atoms with E-state index in [1.54, 1.807) is 0 Å². The average molecular weight is 493 g/mol. The van der Waals surface area contributed by atoms with E-state index in [-0.39, 0.29) is 51.0 Å². The zero-order valence-electron chi connectivity index (χ0n) is 15.6. The topological polar surface area (TPSA) is 0 Å². The number of halogens is 2. The molecule has 0 nitrogen and oxygen atoms in total. The molecule has 140 valence electrons. The molecule has 0 bridgehead atoms. The number of rotatable bonds is 0. The van der Waals surface area contributed by atoms with Gasteiger partial charge in [-0.15, -0.1) is 45.8 Å². The molecule has 6 rings (SSSR count). The Morgan fingerprint density at radius 1 is 0.414 bits per heavy atom. The molecule has 0 aliphatic heterocycles. The molecular weight excluding hydrogens is 474 g/mol. The van der Waals surface area contributed by atoms with Gasteiger partial charge in [0.1, 0.15) is 0 Å². The van der Waals surface area contributed by atoms with Gasteiger partial charge in [0.05, 0.1) is 0 Å². The molecule has 6 aromatic carbocycles. The molecular formula is C26H18Cl2Zr. The molecule has 0 fully saturated rings. The van der Waals surface area contributed by atoms with Gasteiger partial charge in [0.25, 0.3) is 0 Å². The van der Waals surface area contributed by atoms with Crippen LogP contribution in [0, 0.1) is 0 Å². The molecule has 0 saturated carbocycles. The van der Waals surface area contributed by atoms with Crippen LogP contribution >= 0.6 is 0 Å². The first-order valence-electron chi connectivity index (χ1n) is 8.96. The third-order valence-corrected chi connectivity index (χ3v) is 5.09. The zero-order valence-corrected chi connectivity index (χ0v) is 19.6. The van der Waals surface area contributed by atoms with E-state index in [0.717, 1.165) is 0 Å². The molecule has 0 heterocycles. The van der Waals surface area contributed by atoms with Gasteiger partial charge in [-0.05, 0) is 0 Å². The van der Waals surface area contributed by atoms with Gasteiger partial charge in [-0.2, -0.15) is 24.3 Å². The number of benzene rings is 4. The van der Waals surface area contributed by atoms with Gasteiger partial charge in [0, 0.05) is 0 Å². The largest absolute Gasteiger partial charge is 4.00 e. The van der Waals surface area contributed by atoms with Crippen molar-refractivity contribution in [3.8, 4) is 0 Å². The summed E-state index contributed by atoms with van der Waals surface area (Å²) < 4.78 is 0. The predicted molar refractivity (Wildman–Crippen MR) is 114 cm³/mol. The van der Waals surface area contributed by atoms with Crippen LogP contribution in [0.1, 0.15) is 0 Å². The van der Waals surface area contributed by atoms with Crippen molar-refractivity contribution in [1.82, 2.24) is 0 Å². The van der Waals surface area contributed by atoms with Gasteiger partial charge in [-0.25, -0.2) is 0 Å². The van der Waals surface area contributed by atoms with Crippen LogP contribution in [0.4, 0.5) is 0 Å². The van der Waals surface area contributed by atoms with Crippen LogP contribution in [0.5, 0.6) is 0 Å². The molecule has 0 amide bonds. The minimum Gasteiger partial charge on any atom is -1.00 e. The van der Waals surface area contributed by atoms with E-state index in [9.17, 15) is 0 Å². The number of hydrogen-bond acceptors (Lipinski definition) is 0. The molecule has 0 spiro atoms. The van der Waals surface area contributed by atoms with Gasteiger partial charge in [0.2, 0.25) is 0 Å². The summed E-state index contributed by atoms with van der Waals surface area (Å²) in [7, 11) is 0. The van der Waals surface area contributed by atoms with Crippen molar-refractivity contribution in [3.05, 3.63) is 109 Å². The number of fused-ring (bicyclic) bond motifs is 6. The summed E-state index contributed by atoms with van der Waals surface area (Å²) >= 11 is 0. The Hall–Kier alpha value is -1.92. The van der Waals surface area contributed by atoms with Crippen LogP contribution in [0.2, 0.25) is 0 Å². The van der Waals surface area contributed by atoms with Crippen LogP contribution in [0.15, 0.2) is 109 Å². The molecule has 6 aromatic rings. The van der Waals surface area contributed by atoms with E-state index >= 15 is 0 Å². The Kier molecular flexibility index (Phi) is 8.23. The SMILES string of the molecule is [Cl-].[Cl-].[Zr+4].c1ccc2c(c1)ccc1cc[cH-]c12.c1ccc2c(c1)ccc1cc[cH-]c12. The summed E-state index contributed by atoms with van der Waals surface area (Å²) in [5.41, 5.74) is 0. The molecule has 0 aliphatic carbocycles. The Balaban J connectivity index is 0.000000187. The van der Waals surface area contributed by atoms with Crippen LogP contribution in [0.25, 0.3) is 43.1 Å². The third-order valence-electron chi connectivity index (χ3n) is 5.09. The molecule has 0 radical (unpaired) electrons. The minimum absolute atomic E-state index is 0. The van der Waals surface area contributed by atoms with E-state index in [4.69, 9.17) is 0 Å².